The molecule has 0 bridgehead atoms. The summed E-state index contributed by atoms with van der Waals surface area (Å²) >= 11 is 0. The fraction of sp³-hybridized carbons (Fsp3) is 0.500. The molecule has 17 heavy (non-hydrogen) atoms. The highest BCUT2D eigenvalue weighted by atomic mass is 16.5. The van der Waals surface area contributed by atoms with Gasteiger partial charge in [-0.3, -0.25) is 0 Å². The van der Waals surface area contributed by atoms with Crippen LogP contribution in [0.1, 0.15) is 32.3 Å². The number of ether oxygens (including phenoxy) is 1. The second-order valence-corrected chi connectivity index (χ2v) is 5.08. The smallest absolute Gasteiger partial charge is 0.101 e. The SMILES string of the molecule is CC1(C)CCC(CNc2ccccc2C#N)O1. The minimum absolute atomic E-state index is 0.00108. The van der Waals surface area contributed by atoms with Gasteiger partial charge >= 0.3 is 0 Å². The van der Waals surface area contributed by atoms with Gasteiger partial charge in [-0.1, -0.05) is 12.1 Å². The van der Waals surface area contributed by atoms with Gasteiger partial charge < -0.3 is 10.1 Å². The predicted octanol–water partition coefficient (Wildman–Crippen LogP) is 2.93. The van der Waals surface area contributed by atoms with Crippen molar-refractivity contribution in [2.24, 2.45) is 0 Å². The van der Waals surface area contributed by atoms with E-state index < -0.39 is 0 Å². The molecule has 1 heterocycles. The summed E-state index contributed by atoms with van der Waals surface area (Å²) in [4.78, 5) is 0. The molecular weight excluding hydrogens is 212 g/mol. The number of nitriles is 1. The maximum atomic E-state index is 8.97. The van der Waals surface area contributed by atoms with Gasteiger partial charge in [-0.2, -0.15) is 5.26 Å². The van der Waals surface area contributed by atoms with Crippen molar-refractivity contribution in [2.75, 3.05) is 11.9 Å². The van der Waals surface area contributed by atoms with Crippen LogP contribution in [0.5, 0.6) is 0 Å². The summed E-state index contributed by atoms with van der Waals surface area (Å²) in [6, 6.07) is 9.74. The molecule has 0 aromatic heterocycles. The van der Waals surface area contributed by atoms with Gasteiger partial charge in [0.05, 0.1) is 23.0 Å². The Morgan fingerprint density at radius 3 is 2.88 bits per heavy atom. The lowest BCUT2D eigenvalue weighted by atomic mass is 10.1. The van der Waals surface area contributed by atoms with Crippen molar-refractivity contribution in [3.63, 3.8) is 0 Å². The standard InChI is InChI=1S/C14H18N2O/c1-14(2)8-7-12(17-14)10-16-13-6-4-3-5-11(13)9-15/h3-6,12,16H,7-8,10H2,1-2H3. The quantitative estimate of drug-likeness (QED) is 0.868. The minimum atomic E-state index is 0.00108. The van der Waals surface area contributed by atoms with Crippen LogP contribution in [0.15, 0.2) is 24.3 Å². The molecule has 1 fully saturated rings. The van der Waals surface area contributed by atoms with E-state index in [0.717, 1.165) is 25.1 Å². The molecule has 1 unspecified atom stereocenters. The highest BCUT2D eigenvalue weighted by Crippen LogP contribution is 2.29. The van der Waals surface area contributed by atoms with E-state index in [1.807, 2.05) is 24.3 Å². The van der Waals surface area contributed by atoms with Gasteiger partial charge in [0.2, 0.25) is 0 Å². The van der Waals surface area contributed by atoms with Gasteiger partial charge in [0.15, 0.2) is 0 Å². The molecule has 1 aromatic rings. The Kier molecular flexibility index (Phi) is 3.35. The van der Waals surface area contributed by atoms with Crippen LogP contribution in [0, 0.1) is 11.3 Å². The number of hydrogen-bond donors (Lipinski definition) is 1. The first kappa shape index (κ1) is 11.9. The number of anilines is 1. The van der Waals surface area contributed by atoms with E-state index in [4.69, 9.17) is 10.00 Å². The van der Waals surface area contributed by atoms with Gasteiger partial charge in [-0.05, 0) is 38.8 Å². The lowest BCUT2D eigenvalue weighted by Gasteiger charge is -2.20. The van der Waals surface area contributed by atoms with Crippen molar-refractivity contribution < 1.29 is 4.74 Å². The second kappa shape index (κ2) is 4.77. The van der Waals surface area contributed by atoms with Crippen LogP contribution in [0.3, 0.4) is 0 Å². The minimum Gasteiger partial charge on any atom is -0.381 e. The van der Waals surface area contributed by atoms with Crippen LogP contribution in [-0.4, -0.2) is 18.2 Å². The van der Waals surface area contributed by atoms with Crippen LogP contribution in [0.4, 0.5) is 5.69 Å². The normalized spacial score (nSPS) is 22.1. The number of rotatable bonds is 3. The van der Waals surface area contributed by atoms with Crippen LogP contribution in [0.25, 0.3) is 0 Å². The molecule has 1 aliphatic heterocycles. The largest absolute Gasteiger partial charge is 0.381 e. The van der Waals surface area contributed by atoms with Crippen LogP contribution < -0.4 is 5.32 Å². The first-order valence-corrected chi connectivity index (χ1v) is 6.01. The van der Waals surface area contributed by atoms with Crippen molar-refractivity contribution >= 4 is 5.69 Å². The molecule has 0 spiro atoms. The molecule has 0 saturated carbocycles. The molecule has 2 rings (SSSR count). The highest BCUT2D eigenvalue weighted by Gasteiger charge is 2.31. The van der Waals surface area contributed by atoms with Gasteiger partial charge in [0.1, 0.15) is 6.07 Å². The molecule has 1 atom stereocenters. The monoisotopic (exact) mass is 230 g/mol. The molecule has 1 aliphatic rings. The summed E-state index contributed by atoms with van der Waals surface area (Å²) in [6.07, 6.45) is 2.42. The first-order chi connectivity index (χ1) is 8.11. The summed E-state index contributed by atoms with van der Waals surface area (Å²) < 4.78 is 5.90. The highest BCUT2D eigenvalue weighted by molar-refractivity contribution is 5.57. The Balaban J connectivity index is 1.93. The lowest BCUT2D eigenvalue weighted by molar-refractivity contribution is -0.00910. The summed E-state index contributed by atoms with van der Waals surface area (Å²) in [5.74, 6) is 0. The number of nitrogens with zero attached hydrogens (tertiary/aromatic N) is 1. The van der Waals surface area contributed by atoms with E-state index in [-0.39, 0.29) is 11.7 Å². The van der Waals surface area contributed by atoms with Crippen molar-refractivity contribution in [3.8, 4) is 6.07 Å². The van der Waals surface area contributed by atoms with Gasteiger partial charge in [0.25, 0.3) is 0 Å². The van der Waals surface area contributed by atoms with Crippen molar-refractivity contribution in [2.45, 2.75) is 38.4 Å². The Labute approximate surface area is 102 Å². The molecular formula is C14H18N2O. The van der Waals surface area contributed by atoms with Crippen LogP contribution >= 0.6 is 0 Å². The Morgan fingerprint density at radius 2 is 2.24 bits per heavy atom. The van der Waals surface area contributed by atoms with E-state index in [2.05, 4.69) is 25.2 Å². The summed E-state index contributed by atoms with van der Waals surface area (Å²) in [7, 11) is 0. The molecule has 0 aliphatic carbocycles. The average molecular weight is 230 g/mol. The van der Waals surface area contributed by atoms with E-state index in [1.165, 1.54) is 0 Å². The van der Waals surface area contributed by atoms with E-state index in [1.54, 1.807) is 0 Å². The molecule has 3 heteroatoms. The van der Waals surface area contributed by atoms with E-state index in [9.17, 15) is 0 Å². The van der Waals surface area contributed by atoms with Crippen LogP contribution in [-0.2, 0) is 4.74 Å². The summed E-state index contributed by atoms with van der Waals surface area (Å²) in [6.45, 7) is 5.01. The van der Waals surface area contributed by atoms with Crippen molar-refractivity contribution in [3.05, 3.63) is 29.8 Å². The third kappa shape index (κ3) is 2.98. The number of para-hydroxylation sites is 1. The predicted molar refractivity (Wildman–Crippen MR) is 67.8 cm³/mol. The summed E-state index contributed by atoms with van der Waals surface area (Å²) in [5.41, 5.74) is 1.58. The average Bonchev–Trinajstić information content (AvgIpc) is 2.67. The topological polar surface area (TPSA) is 45.0 Å². The Bertz CT molecular complexity index is 434. The number of benzene rings is 1. The van der Waals surface area contributed by atoms with Gasteiger partial charge in [0, 0.05) is 6.54 Å². The summed E-state index contributed by atoms with van der Waals surface area (Å²) in [5, 5.41) is 12.3. The van der Waals surface area contributed by atoms with Crippen molar-refractivity contribution in [1.82, 2.24) is 0 Å². The molecule has 90 valence electrons. The third-order valence-electron chi connectivity index (χ3n) is 3.12. The van der Waals surface area contributed by atoms with E-state index >= 15 is 0 Å². The first-order valence-electron chi connectivity index (χ1n) is 6.01. The molecule has 3 nitrogen and oxygen atoms in total. The molecule has 1 saturated heterocycles. The zero-order chi connectivity index (χ0) is 12.3. The number of hydrogen-bond acceptors (Lipinski definition) is 3. The molecule has 1 aromatic carbocycles. The molecule has 0 amide bonds. The van der Waals surface area contributed by atoms with Gasteiger partial charge in [-0.15, -0.1) is 0 Å². The fourth-order valence-corrected chi connectivity index (χ4v) is 2.18. The second-order valence-electron chi connectivity index (χ2n) is 5.08. The fourth-order valence-electron chi connectivity index (χ4n) is 2.18. The van der Waals surface area contributed by atoms with Crippen molar-refractivity contribution in [1.29, 1.82) is 5.26 Å². The lowest BCUT2D eigenvalue weighted by Crippen LogP contribution is -2.25. The van der Waals surface area contributed by atoms with E-state index in [0.29, 0.717) is 5.56 Å². The Hall–Kier alpha value is -1.53. The number of nitrogens with one attached hydrogen (secondary N) is 1. The third-order valence-corrected chi connectivity index (χ3v) is 3.12. The molecule has 0 radical (unpaired) electrons. The molecule has 1 N–H and O–H groups in total. The zero-order valence-corrected chi connectivity index (χ0v) is 10.4. The maximum Gasteiger partial charge on any atom is 0.101 e. The van der Waals surface area contributed by atoms with Crippen LogP contribution in [0.2, 0.25) is 0 Å². The Morgan fingerprint density at radius 1 is 1.47 bits per heavy atom. The van der Waals surface area contributed by atoms with Gasteiger partial charge in [-0.25, -0.2) is 0 Å². The maximum absolute atomic E-state index is 8.97. The zero-order valence-electron chi connectivity index (χ0n) is 10.4.